The van der Waals surface area contributed by atoms with Crippen molar-refractivity contribution in [2.24, 2.45) is 0 Å². The maximum absolute atomic E-state index is 12.7. The largest absolute Gasteiger partial charge is 0.496 e. The van der Waals surface area contributed by atoms with E-state index in [1.807, 2.05) is 11.0 Å². The molecule has 2 heterocycles. The molecule has 6 heteroatoms. The van der Waals surface area contributed by atoms with Crippen LogP contribution < -0.4 is 4.74 Å². The summed E-state index contributed by atoms with van der Waals surface area (Å²) >= 11 is 3.32. The monoisotopic (exact) mass is 366 g/mol. The predicted octanol–water partition coefficient (Wildman–Crippen LogP) is 2.98. The molecule has 0 radical (unpaired) electrons. The fraction of sp³-hybridized carbons (Fsp3) is 0.438. The van der Waals surface area contributed by atoms with Gasteiger partial charge in [0.2, 0.25) is 0 Å². The van der Waals surface area contributed by atoms with Gasteiger partial charge in [0.1, 0.15) is 11.3 Å². The van der Waals surface area contributed by atoms with Gasteiger partial charge in [-0.15, -0.1) is 0 Å². The Morgan fingerprint density at radius 2 is 2.00 bits per heavy atom. The number of likely N-dealkylation sites (N-methyl/N-ethyl adjacent to an activating group) is 1. The van der Waals surface area contributed by atoms with Gasteiger partial charge in [-0.2, -0.15) is 0 Å². The summed E-state index contributed by atoms with van der Waals surface area (Å²) in [6.45, 7) is 6.54. The van der Waals surface area contributed by atoms with Crippen molar-refractivity contribution in [2.45, 2.75) is 6.92 Å². The van der Waals surface area contributed by atoms with E-state index in [1.54, 1.807) is 19.2 Å². The van der Waals surface area contributed by atoms with Gasteiger partial charge in [-0.3, -0.25) is 4.79 Å². The second-order valence-corrected chi connectivity index (χ2v) is 6.15. The second kappa shape index (κ2) is 6.30. The van der Waals surface area contributed by atoms with Crippen LogP contribution in [0.2, 0.25) is 0 Å². The van der Waals surface area contributed by atoms with Gasteiger partial charge in [0.05, 0.1) is 12.5 Å². The summed E-state index contributed by atoms with van der Waals surface area (Å²) in [6, 6.07) is 5.43. The number of piperazine rings is 1. The van der Waals surface area contributed by atoms with Crippen molar-refractivity contribution in [1.82, 2.24) is 9.80 Å². The minimum atomic E-state index is 0.0310. The zero-order valence-electron chi connectivity index (χ0n) is 12.8. The summed E-state index contributed by atoms with van der Waals surface area (Å²) in [5, 5.41) is 0.863. The zero-order chi connectivity index (χ0) is 15.7. The van der Waals surface area contributed by atoms with Crippen molar-refractivity contribution >= 4 is 32.8 Å². The summed E-state index contributed by atoms with van der Waals surface area (Å²) in [5.41, 5.74) is 1.26. The first kappa shape index (κ1) is 15.4. The van der Waals surface area contributed by atoms with Crippen LogP contribution in [-0.4, -0.2) is 55.5 Å². The first-order valence-electron chi connectivity index (χ1n) is 7.41. The Labute approximate surface area is 137 Å². The molecule has 3 rings (SSSR count). The zero-order valence-corrected chi connectivity index (χ0v) is 14.4. The van der Waals surface area contributed by atoms with Crippen molar-refractivity contribution < 1.29 is 13.9 Å². The van der Waals surface area contributed by atoms with Crippen LogP contribution in [0.5, 0.6) is 5.75 Å². The molecule has 1 aliphatic heterocycles. The smallest absolute Gasteiger partial charge is 0.254 e. The summed E-state index contributed by atoms with van der Waals surface area (Å²) in [6.07, 6.45) is 0. The van der Waals surface area contributed by atoms with Crippen LogP contribution in [-0.2, 0) is 0 Å². The molecule has 1 aromatic heterocycles. The summed E-state index contributed by atoms with van der Waals surface area (Å²) in [5.74, 6) is 0.686. The second-order valence-electron chi connectivity index (χ2n) is 5.37. The first-order valence-corrected chi connectivity index (χ1v) is 8.20. The van der Waals surface area contributed by atoms with Gasteiger partial charge >= 0.3 is 0 Å². The lowest BCUT2D eigenvalue weighted by molar-refractivity contribution is 0.0643. The highest BCUT2D eigenvalue weighted by Crippen LogP contribution is 2.32. The van der Waals surface area contributed by atoms with E-state index in [0.717, 1.165) is 38.1 Å². The van der Waals surface area contributed by atoms with Crippen LogP contribution in [0.1, 0.15) is 17.3 Å². The number of hydrogen-bond donors (Lipinski definition) is 0. The molecule has 1 aromatic carbocycles. The lowest BCUT2D eigenvalue weighted by Crippen LogP contribution is -2.48. The van der Waals surface area contributed by atoms with Crippen LogP contribution in [0.3, 0.4) is 0 Å². The van der Waals surface area contributed by atoms with Crippen molar-refractivity contribution in [3.63, 3.8) is 0 Å². The number of carbonyl (C=O) groups is 1. The highest BCUT2D eigenvalue weighted by Gasteiger charge is 2.23. The Morgan fingerprint density at radius 1 is 1.27 bits per heavy atom. The van der Waals surface area contributed by atoms with Crippen molar-refractivity contribution in [3.8, 4) is 5.75 Å². The number of hydrogen-bond acceptors (Lipinski definition) is 4. The Kier molecular flexibility index (Phi) is 4.40. The third kappa shape index (κ3) is 2.85. The van der Waals surface area contributed by atoms with Crippen LogP contribution in [0.25, 0.3) is 11.0 Å². The van der Waals surface area contributed by atoms with Gasteiger partial charge in [0.15, 0.2) is 4.67 Å². The molecule has 0 bridgehead atoms. The Bertz CT molecular complexity index is 690. The molecule has 0 atom stereocenters. The quantitative estimate of drug-likeness (QED) is 0.837. The number of furan rings is 1. The van der Waals surface area contributed by atoms with Gasteiger partial charge in [0, 0.05) is 37.8 Å². The maximum atomic E-state index is 12.7. The number of halogens is 1. The molecule has 1 amide bonds. The number of methoxy groups -OCH3 is 1. The molecular weight excluding hydrogens is 348 g/mol. The number of amides is 1. The number of fused-ring (bicyclic) bond motifs is 1. The van der Waals surface area contributed by atoms with E-state index in [0.29, 0.717) is 21.6 Å². The SMILES string of the molecule is CCN1CCN(C(=O)c2cc(OC)c3cc(Br)oc3c2)CC1. The number of rotatable bonds is 3. The van der Waals surface area contributed by atoms with E-state index in [9.17, 15) is 4.79 Å². The third-order valence-electron chi connectivity index (χ3n) is 4.14. The van der Waals surface area contributed by atoms with Crippen LogP contribution in [0.15, 0.2) is 27.3 Å². The van der Waals surface area contributed by atoms with E-state index < -0.39 is 0 Å². The number of nitrogens with zero attached hydrogens (tertiary/aromatic N) is 2. The minimum Gasteiger partial charge on any atom is -0.496 e. The van der Waals surface area contributed by atoms with Crippen LogP contribution >= 0.6 is 15.9 Å². The van der Waals surface area contributed by atoms with Gasteiger partial charge in [-0.05, 0) is 34.6 Å². The first-order chi connectivity index (χ1) is 10.6. The average Bonchev–Trinajstić information content (AvgIpc) is 2.93. The topological polar surface area (TPSA) is 45.9 Å². The van der Waals surface area contributed by atoms with Crippen LogP contribution in [0, 0.1) is 0 Å². The Hall–Kier alpha value is -1.53. The molecule has 118 valence electrons. The van der Waals surface area contributed by atoms with Crippen molar-refractivity contribution in [1.29, 1.82) is 0 Å². The summed E-state index contributed by atoms with van der Waals surface area (Å²) in [7, 11) is 1.60. The maximum Gasteiger partial charge on any atom is 0.254 e. The third-order valence-corrected chi connectivity index (χ3v) is 4.53. The van der Waals surface area contributed by atoms with Gasteiger partial charge < -0.3 is 19.0 Å². The average molecular weight is 367 g/mol. The molecule has 22 heavy (non-hydrogen) atoms. The fourth-order valence-electron chi connectivity index (χ4n) is 2.82. The molecular formula is C16H19BrN2O3. The fourth-order valence-corrected chi connectivity index (χ4v) is 3.22. The number of ether oxygens (including phenoxy) is 1. The lowest BCUT2D eigenvalue weighted by atomic mass is 10.1. The molecule has 0 saturated carbocycles. The van der Waals surface area contributed by atoms with E-state index in [1.165, 1.54) is 0 Å². The molecule has 5 nitrogen and oxygen atoms in total. The predicted molar refractivity (Wildman–Crippen MR) is 88.5 cm³/mol. The normalized spacial score (nSPS) is 16.2. The standard InChI is InChI=1S/C16H19BrN2O3/c1-3-18-4-6-19(7-5-18)16(20)11-8-13(21-2)12-10-15(17)22-14(12)9-11/h8-10H,3-7H2,1-2H3. The van der Waals surface area contributed by atoms with Crippen molar-refractivity contribution in [3.05, 3.63) is 28.4 Å². The summed E-state index contributed by atoms with van der Waals surface area (Å²) in [4.78, 5) is 16.9. The van der Waals surface area contributed by atoms with E-state index in [4.69, 9.17) is 9.15 Å². The molecule has 0 aliphatic carbocycles. The molecule has 1 aliphatic rings. The number of carbonyl (C=O) groups excluding carboxylic acids is 1. The molecule has 0 N–H and O–H groups in total. The molecule has 2 aromatic rings. The number of benzene rings is 1. The van der Waals surface area contributed by atoms with E-state index in [2.05, 4.69) is 27.8 Å². The van der Waals surface area contributed by atoms with E-state index in [-0.39, 0.29) is 5.91 Å². The molecule has 0 spiro atoms. The van der Waals surface area contributed by atoms with Crippen molar-refractivity contribution in [2.75, 3.05) is 39.8 Å². The Balaban J connectivity index is 1.88. The highest BCUT2D eigenvalue weighted by molar-refractivity contribution is 9.10. The van der Waals surface area contributed by atoms with Crippen LogP contribution in [0.4, 0.5) is 0 Å². The Morgan fingerprint density at radius 3 is 2.64 bits per heavy atom. The summed E-state index contributed by atoms with van der Waals surface area (Å²) < 4.78 is 11.6. The van der Waals surface area contributed by atoms with Gasteiger partial charge in [-0.1, -0.05) is 6.92 Å². The minimum absolute atomic E-state index is 0.0310. The van der Waals surface area contributed by atoms with Gasteiger partial charge in [0.25, 0.3) is 5.91 Å². The molecule has 1 fully saturated rings. The molecule has 0 unspecified atom stereocenters. The highest BCUT2D eigenvalue weighted by atomic mass is 79.9. The van der Waals surface area contributed by atoms with E-state index >= 15 is 0 Å². The van der Waals surface area contributed by atoms with Gasteiger partial charge in [-0.25, -0.2) is 0 Å². The lowest BCUT2D eigenvalue weighted by Gasteiger charge is -2.34. The molecule has 1 saturated heterocycles.